The number of nitrogens with one attached hydrogen (secondary N) is 1. The van der Waals surface area contributed by atoms with Crippen LogP contribution in [0.3, 0.4) is 0 Å². The molecule has 0 spiro atoms. The lowest BCUT2D eigenvalue weighted by molar-refractivity contribution is 0.278. The predicted octanol–water partition coefficient (Wildman–Crippen LogP) is 4.03. The first-order chi connectivity index (χ1) is 13.5. The van der Waals surface area contributed by atoms with Gasteiger partial charge < -0.3 is 9.41 Å². The SMILES string of the molecule is CC(C)(C)[Si](OCc1nc2ccncc2[nH]1)(c1ccccc1)c1ccccc1. The summed E-state index contributed by atoms with van der Waals surface area (Å²) in [5, 5.41) is 2.49. The van der Waals surface area contributed by atoms with Gasteiger partial charge >= 0.3 is 0 Å². The zero-order chi connectivity index (χ0) is 19.6. The van der Waals surface area contributed by atoms with Crippen LogP contribution in [-0.4, -0.2) is 23.3 Å². The van der Waals surface area contributed by atoms with Crippen molar-refractivity contribution in [1.82, 2.24) is 15.0 Å². The van der Waals surface area contributed by atoms with Crippen LogP contribution in [0, 0.1) is 0 Å². The first-order valence-electron chi connectivity index (χ1n) is 9.54. The monoisotopic (exact) mass is 387 g/mol. The molecule has 0 saturated heterocycles. The summed E-state index contributed by atoms with van der Waals surface area (Å²) in [4.78, 5) is 12.2. The number of benzene rings is 2. The van der Waals surface area contributed by atoms with E-state index >= 15 is 0 Å². The van der Waals surface area contributed by atoms with Crippen LogP contribution < -0.4 is 10.4 Å². The molecular formula is C23H25N3OSi. The maximum Gasteiger partial charge on any atom is 0.261 e. The average molecular weight is 388 g/mol. The van der Waals surface area contributed by atoms with Crippen molar-refractivity contribution in [3.05, 3.63) is 84.9 Å². The van der Waals surface area contributed by atoms with Crippen LogP contribution in [0.15, 0.2) is 79.1 Å². The van der Waals surface area contributed by atoms with E-state index in [1.54, 1.807) is 12.4 Å². The molecule has 142 valence electrons. The maximum absolute atomic E-state index is 6.91. The van der Waals surface area contributed by atoms with Crippen molar-refractivity contribution < 1.29 is 4.43 Å². The molecule has 2 aromatic heterocycles. The molecule has 2 heterocycles. The number of imidazole rings is 1. The van der Waals surface area contributed by atoms with E-state index in [4.69, 9.17) is 4.43 Å². The van der Waals surface area contributed by atoms with E-state index in [1.165, 1.54) is 10.4 Å². The smallest absolute Gasteiger partial charge is 0.261 e. The van der Waals surface area contributed by atoms with Crippen molar-refractivity contribution >= 4 is 29.7 Å². The summed E-state index contributed by atoms with van der Waals surface area (Å²) < 4.78 is 6.91. The van der Waals surface area contributed by atoms with Crippen LogP contribution >= 0.6 is 0 Å². The van der Waals surface area contributed by atoms with Crippen LogP contribution in [0.25, 0.3) is 11.0 Å². The molecule has 0 saturated carbocycles. The standard InChI is InChI=1S/C23H25N3OSi/c1-23(2,3)28(18-10-6-4-7-11-18,19-12-8-5-9-13-19)27-17-22-25-20-14-15-24-16-21(20)26-22/h4-16H,17H2,1-3H3,(H,25,26). The fourth-order valence-corrected chi connectivity index (χ4v) is 8.42. The quantitative estimate of drug-likeness (QED) is 0.526. The minimum absolute atomic E-state index is 0.0523. The van der Waals surface area contributed by atoms with Gasteiger partial charge in [0.25, 0.3) is 8.32 Å². The summed E-state index contributed by atoms with van der Waals surface area (Å²) in [6.45, 7) is 7.27. The second-order valence-corrected chi connectivity index (χ2v) is 12.3. The molecule has 0 bridgehead atoms. The lowest BCUT2D eigenvalue weighted by Gasteiger charge is -2.42. The van der Waals surface area contributed by atoms with Crippen LogP contribution in [0.1, 0.15) is 26.6 Å². The normalized spacial score (nSPS) is 12.4. The highest BCUT2D eigenvalue weighted by Crippen LogP contribution is 2.37. The zero-order valence-electron chi connectivity index (χ0n) is 16.5. The number of hydrogen-bond acceptors (Lipinski definition) is 3. The second-order valence-electron chi connectivity index (χ2n) is 8.03. The van der Waals surface area contributed by atoms with Crippen molar-refractivity contribution in [2.45, 2.75) is 32.4 Å². The molecule has 2 aromatic carbocycles. The van der Waals surface area contributed by atoms with Gasteiger partial charge in [-0.15, -0.1) is 0 Å². The molecule has 0 aliphatic rings. The third-order valence-electron chi connectivity index (χ3n) is 5.17. The summed E-state index contributed by atoms with van der Waals surface area (Å²) in [6, 6.07) is 23.2. The van der Waals surface area contributed by atoms with E-state index in [0.717, 1.165) is 16.9 Å². The number of nitrogens with zero attached hydrogens (tertiary/aromatic N) is 2. The third-order valence-corrected chi connectivity index (χ3v) is 10.2. The number of aromatic nitrogens is 3. The Balaban J connectivity index is 1.80. The molecule has 28 heavy (non-hydrogen) atoms. The molecule has 0 aliphatic heterocycles. The van der Waals surface area contributed by atoms with E-state index in [2.05, 4.69) is 96.4 Å². The molecule has 0 radical (unpaired) electrons. The number of pyridine rings is 1. The average Bonchev–Trinajstić information content (AvgIpc) is 3.12. The number of H-pyrrole nitrogens is 1. The van der Waals surface area contributed by atoms with Gasteiger partial charge in [0.1, 0.15) is 5.82 Å². The predicted molar refractivity (Wildman–Crippen MR) is 116 cm³/mol. The molecule has 0 unspecified atom stereocenters. The Hall–Kier alpha value is -2.76. The first kappa shape index (κ1) is 18.6. The number of hydrogen-bond donors (Lipinski definition) is 1. The van der Waals surface area contributed by atoms with Crippen LogP contribution in [0.4, 0.5) is 0 Å². The van der Waals surface area contributed by atoms with Gasteiger partial charge in [-0.2, -0.15) is 0 Å². The Morgan fingerprint density at radius 3 is 2.04 bits per heavy atom. The topological polar surface area (TPSA) is 50.8 Å². The Labute approximate surface area is 166 Å². The number of aromatic amines is 1. The van der Waals surface area contributed by atoms with Gasteiger partial charge in [0.15, 0.2) is 0 Å². The molecule has 0 aliphatic carbocycles. The zero-order valence-corrected chi connectivity index (χ0v) is 17.5. The largest absolute Gasteiger partial charge is 0.400 e. The van der Waals surface area contributed by atoms with Crippen molar-refractivity contribution in [2.24, 2.45) is 0 Å². The molecule has 1 N–H and O–H groups in total. The van der Waals surface area contributed by atoms with Crippen molar-refractivity contribution in [2.75, 3.05) is 0 Å². The van der Waals surface area contributed by atoms with Crippen molar-refractivity contribution in [3.63, 3.8) is 0 Å². The minimum Gasteiger partial charge on any atom is -0.400 e. The van der Waals surface area contributed by atoms with Gasteiger partial charge in [-0.3, -0.25) is 4.98 Å². The Morgan fingerprint density at radius 1 is 0.893 bits per heavy atom. The van der Waals surface area contributed by atoms with Gasteiger partial charge in [-0.1, -0.05) is 81.4 Å². The molecule has 4 rings (SSSR count). The summed E-state index contributed by atoms with van der Waals surface area (Å²) in [7, 11) is -2.56. The summed E-state index contributed by atoms with van der Waals surface area (Å²) in [5.74, 6) is 0.830. The Kier molecular flexibility index (Phi) is 4.87. The molecule has 0 fully saturated rings. The fourth-order valence-electron chi connectivity index (χ4n) is 3.92. The van der Waals surface area contributed by atoms with E-state index in [-0.39, 0.29) is 5.04 Å². The maximum atomic E-state index is 6.91. The van der Waals surface area contributed by atoms with Gasteiger partial charge in [0.05, 0.1) is 23.8 Å². The minimum atomic E-state index is -2.56. The van der Waals surface area contributed by atoms with E-state index in [9.17, 15) is 0 Å². The van der Waals surface area contributed by atoms with Gasteiger partial charge in [0.2, 0.25) is 0 Å². The second kappa shape index (κ2) is 7.34. The highest BCUT2D eigenvalue weighted by Gasteiger charge is 2.50. The molecule has 5 heteroatoms. The Morgan fingerprint density at radius 2 is 1.50 bits per heavy atom. The van der Waals surface area contributed by atoms with Gasteiger partial charge in [-0.05, 0) is 21.5 Å². The third kappa shape index (κ3) is 3.27. The molecule has 0 amide bonds. The lowest BCUT2D eigenvalue weighted by atomic mass is 10.2. The summed E-state index contributed by atoms with van der Waals surface area (Å²) >= 11 is 0. The van der Waals surface area contributed by atoms with Crippen LogP contribution in [0.5, 0.6) is 0 Å². The lowest BCUT2D eigenvalue weighted by Crippen LogP contribution is -2.66. The van der Waals surface area contributed by atoms with Gasteiger partial charge in [-0.25, -0.2) is 4.98 Å². The molecule has 0 atom stereocenters. The van der Waals surface area contributed by atoms with E-state index < -0.39 is 8.32 Å². The van der Waals surface area contributed by atoms with Crippen molar-refractivity contribution in [1.29, 1.82) is 0 Å². The first-order valence-corrected chi connectivity index (χ1v) is 11.5. The fraction of sp³-hybridized carbons (Fsp3) is 0.217. The highest BCUT2D eigenvalue weighted by molar-refractivity contribution is 6.99. The molecule has 4 aromatic rings. The van der Waals surface area contributed by atoms with Crippen molar-refractivity contribution in [3.8, 4) is 0 Å². The summed E-state index contributed by atoms with van der Waals surface area (Å²) in [6.07, 6.45) is 3.56. The summed E-state index contributed by atoms with van der Waals surface area (Å²) in [5.41, 5.74) is 1.85. The number of fused-ring (bicyclic) bond motifs is 1. The van der Waals surface area contributed by atoms with E-state index in [0.29, 0.717) is 6.61 Å². The highest BCUT2D eigenvalue weighted by atomic mass is 28.4. The molecular weight excluding hydrogens is 362 g/mol. The Bertz CT molecular complexity index is 983. The number of rotatable bonds is 5. The van der Waals surface area contributed by atoms with Crippen LogP contribution in [-0.2, 0) is 11.0 Å². The molecule has 4 nitrogen and oxygen atoms in total. The van der Waals surface area contributed by atoms with Crippen LogP contribution in [0.2, 0.25) is 5.04 Å². The van der Waals surface area contributed by atoms with E-state index in [1.807, 2.05) is 6.07 Å². The van der Waals surface area contributed by atoms with Gasteiger partial charge in [0, 0.05) is 6.20 Å².